The van der Waals surface area contributed by atoms with Crippen LogP contribution in [-0.4, -0.2) is 36.1 Å². The Morgan fingerprint density at radius 2 is 2.06 bits per heavy atom. The van der Waals surface area contributed by atoms with Crippen molar-refractivity contribution in [3.8, 4) is 22.0 Å². The number of nitrogens with zero attached hydrogens (tertiary/aromatic N) is 6. The van der Waals surface area contributed by atoms with Gasteiger partial charge in [0.05, 0.1) is 6.04 Å². The SMILES string of the molecule is Cc1cnc(C(=O)Nc2cccc(-c3nnnn3C(C)C)n2)cc1-c1ccc(C2CC2)s1. The zero-order chi connectivity index (χ0) is 22.2. The van der Waals surface area contributed by atoms with E-state index in [1.54, 1.807) is 28.3 Å². The third-order valence-electron chi connectivity index (χ3n) is 5.41. The van der Waals surface area contributed by atoms with Crippen LogP contribution in [0.5, 0.6) is 0 Å². The summed E-state index contributed by atoms with van der Waals surface area (Å²) in [6, 6.07) is 11.7. The molecule has 0 bridgehead atoms. The van der Waals surface area contributed by atoms with Crippen molar-refractivity contribution in [2.75, 3.05) is 5.32 Å². The van der Waals surface area contributed by atoms with Crippen molar-refractivity contribution in [2.24, 2.45) is 0 Å². The molecule has 0 spiro atoms. The van der Waals surface area contributed by atoms with Gasteiger partial charge in [0.1, 0.15) is 17.2 Å². The normalized spacial score (nSPS) is 13.5. The van der Waals surface area contributed by atoms with E-state index in [0.717, 1.165) is 11.1 Å². The summed E-state index contributed by atoms with van der Waals surface area (Å²) in [6.45, 7) is 6.01. The van der Waals surface area contributed by atoms with E-state index in [9.17, 15) is 4.79 Å². The summed E-state index contributed by atoms with van der Waals surface area (Å²) in [5, 5.41) is 14.7. The number of nitrogens with one attached hydrogen (secondary N) is 1. The monoisotopic (exact) mass is 445 g/mol. The Bertz CT molecular complexity index is 1290. The molecule has 1 fully saturated rings. The van der Waals surface area contributed by atoms with Gasteiger partial charge < -0.3 is 5.32 Å². The number of pyridine rings is 2. The average molecular weight is 446 g/mol. The Labute approximate surface area is 189 Å². The maximum Gasteiger partial charge on any atom is 0.275 e. The lowest BCUT2D eigenvalue weighted by molar-refractivity contribution is 0.102. The first-order chi connectivity index (χ1) is 15.5. The van der Waals surface area contributed by atoms with Crippen molar-refractivity contribution in [1.29, 1.82) is 0 Å². The molecule has 4 heterocycles. The molecule has 0 atom stereocenters. The molecular weight excluding hydrogens is 422 g/mol. The molecule has 32 heavy (non-hydrogen) atoms. The van der Waals surface area contributed by atoms with Crippen molar-refractivity contribution in [2.45, 2.75) is 45.6 Å². The van der Waals surface area contributed by atoms with Gasteiger partial charge in [0.2, 0.25) is 5.82 Å². The summed E-state index contributed by atoms with van der Waals surface area (Å²) in [7, 11) is 0. The molecule has 1 saturated carbocycles. The molecule has 1 aliphatic rings. The highest BCUT2D eigenvalue weighted by atomic mass is 32.1. The van der Waals surface area contributed by atoms with E-state index >= 15 is 0 Å². The second-order valence-corrected chi connectivity index (χ2v) is 9.38. The van der Waals surface area contributed by atoms with Gasteiger partial charge in [-0.15, -0.1) is 16.4 Å². The van der Waals surface area contributed by atoms with Gasteiger partial charge in [-0.2, -0.15) is 0 Å². The van der Waals surface area contributed by atoms with Gasteiger partial charge in [-0.3, -0.25) is 9.78 Å². The van der Waals surface area contributed by atoms with Crippen LogP contribution in [0.25, 0.3) is 22.0 Å². The number of rotatable bonds is 6. The van der Waals surface area contributed by atoms with Crippen molar-refractivity contribution < 1.29 is 4.79 Å². The second-order valence-electron chi connectivity index (χ2n) is 8.26. The molecule has 9 heteroatoms. The number of hydrogen-bond donors (Lipinski definition) is 1. The average Bonchev–Trinajstić information content (AvgIpc) is 3.31. The number of carbonyl (C=O) groups excluding carboxylic acids is 1. The summed E-state index contributed by atoms with van der Waals surface area (Å²) >= 11 is 1.81. The van der Waals surface area contributed by atoms with Gasteiger partial charge in [0.15, 0.2) is 0 Å². The molecule has 4 aromatic rings. The van der Waals surface area contributed by atoms with Crippen LogP contribution in [0.4, 0.5) is 5.82 Å². The molecule has 0 aliphatic heterocycles. The van der Waals surface area contributed by atoms with E-state index < -0.39 is 0 Å². The Morgan fingerprint density at radius 1 is 1.22 bits per heavy atom. The summed E-state index contributed by atoms with van der Waals surface area (Å²) in [5.41, 5.74) is 3.03. The first kappa shape index (κ1) is 20.4. The van der Waals surface area contributed by atoms with Crippen LogP contribution in [0.1, 0.15) is 59.6 Å². The highest BCUT2D eigenvalue weighted by molar-refractivity contribution is 7.15. The number of amides is 1. The van der Waals surface area contributed by atoms with Gasteiger partial charge in [-0.05, 0) is 91.4 Å². The van der Waals surface area contributed by atoms with Gasteiger partial charge in [-0.1, -0.05) is 6.07 Å². The van der Waals surface area contributed by atoms with Gasteiger partial charge in [0.25, 0.3) is 5.91 Å². The Balaban J connectivity index is 1.39. The van der Waals surface area contributed by atoms with Crippen molar-refractivity contribution >= 4 is 23.1 Å². The molecule has 0 aromatic carbocycles. The molecule has 0 unspecified atom stereocenters. The molecule has 0 radical (unpaired) electrons. The fraction of sp³-hybridized carbons (Fsp3) is 0.304. The van der Waals surface area contributed by atoms with E-state index in [2.05, 4.69) is 42.9 Å². The van der Waals surface area contributed by atoms with E-state index in [4.69, 9.17) is 0 Å². The lowest BCUT2D eigenvalue weighted by atomic mass is 10.1. The highest BCUT2D eigenvalue weighted by Crippen LogP contribution is 2.45. The zero-order valence-corrected chi connectivity index (χ0v) is 18.9. The van der Waals surface area contributed by atoms with Crippen molar-refractivity contribution in [1.82, 2.24) is 30.2 Å². The van der Waals surface area contributed by atoms with E-state index in [1.807, 2.05) is 39.0 Å². The van der Waals surface area contributed by atoms with Gasteiger partial charge in [-0.25, -0.2) is 9.67 Å². The summed E-state index contributed by atoms with van der Waals surface area (Å²) in [6.07, 6.45) is 4.30. The molecule has 8 nitrogen and oxygen atoms in total. The van der Waals surface area contributed by atoms with Crippen molar-refractivity contribution in [3.63, 3.8) is 0 Å². The minimum Gasteiger partial charge on any atom is -0.305 e. The third kappa shape index (κ3) is 4.03. The smallest absolute Gasteiger partial charge is 0.275 e. The summed E-state index contributed by atoms with van der Waals surface area (Å²) < 4.78 is 1.69. The number of aromatic nitrogens is 6. The Morgan fingerprint density at radius 3 is 2.84 bits per heavy atom. The van der Waals surface area contributed by atoms with Crippen LogP contribution >= 0.6 is 11.3 Å². The predicted molar refractivity (Wildman–Crippen MR) is 124 cm³/mol. The van der Waals surface area contributed by atoms with Crippen LogP contribution in [0.2, 0.25) is 0 Å². The number of carbonyl (C=O) groups is 1. The molecular formula is C23H23N7OS. The van der Waals surface area contributed by atoms with Crippen LogP contribution < -0.4 is 5.32 Å². The molecule has 4 aromatic heterocycles. The maximum absolute atomic E-state index is 12.9. The molecule has 1 amide bonds. The Kier molecular flexibility index (Phi) is 5.26. The van der Waals surface area contributed by atoms with E-state index in [0.29, 0.717) is 28.9 Å². The molecule has 5 rings (SSSR count). The number of anilines is 1. The molecule has 0 saturated heterocycles. The number of thiophene rings is 1. The minimum absolute atomic E-state index is 0.0907. The first-order valence-electron chi connectivity index (χ1n) is 10.6. The number of hydrogen-bond acceptors (Lipinski definition) is 7. The Hall–Kier alpha value is -3.46. The lowest BCUT2D eigenvalue weighted by Gasteiger charge is -2.10. The van der Waals surface area contributed by atoms with E-state index in [1.165, 1.54) is 22.6 Å². The fourth-order valence-corrected chi connectivity index (χ4v) is 4.78. The van der Waals surface area contributed by atoms with Gasteiger partial charge in [0, 0.05) is 16.0 Å². The van der Waals surface area contributed by atoms with E-state index in [-0.39, 0.29) is 11.9 Å². The quantitative estimate of drug-likeness (QED) is 0.454. The lowest BCUT2D eigenvalue weighted by Crippen LogP contribution is -2.15. The molecule has 1 N–H and O–H groups in total. The minimum atomic E-state index is -0.307. The fourth-order valence-electron chi connectivity index (χ4n) is 3.52. The first-order valence-corrected chi connectivity index (χ1v) is 11.4. The third-order valence-corrected chi connectivity index (χ3v) is 6.69. The van der Waals surface area contributed by atoms with Crippen molar-refractivity contribution in [3.05, 3.63) is 58.7 Å². The molecule has 1 aliphatic carbocycles. The largest absolute Gasteiger partial charge is 0.305 e. The summed E-state index contributed by atoms with van der Waals surface area (Å²) in [4.78, 5) is 24.4. The second kappa shape index (κ2) is 8.23. The van der Waals surface area contributed by atoms with Crippen LogP contribution in [0, 0.1) is 6.92 Å². The van der Waals surface area contributed by atoms with Crippen LogP contribution in [0.3, 0.4) is 0 Å². The van der Waals surface area contributed by atoms with Crippen LogP contribution in [0.15, 0.2) is 42.6 Å². The predicted octanol–water partition coefficient (Wildman–Crippen LogP) is 4.88. The molecule has 162 valence electrons. The number of tetrazole rings is 1. The zero-order valence-electron chi connectivity index (χ0n) is 18.1. The van der Waals surface area contributed by atoms with Gasteiger partial charge >= 0.3 is 0 Å². The topological polar surface area (TPSA) is 98.5 Å². The summed E-state index contributed by atoms with van der Waals surface area (Å²) in [5.74, 6) is 1.38. The number of aryl methyl sites for hydroxylation is 1. The standard InChI is InChI=1S/C23H23N7OS/c1-13(2)30-22(27-28-29-30)17-5-4-6-21(25-17)26-23(31)18-11-16(14(3)12-24-18)20-10-9-19(32-20)15-7-8-15/h4-6,9-13,15H,7-8H2,1-3H3,(H,25,26,31). The highest BCUT2D eigenvalue weighted by Gasteiger charge is 2.25. The van der Waals surface area contributed by atoms with Crippen LogP contribution in [-0.2, 0) is 0 Å². The maximum atomic E-state index is 12.9.